The van der Waals surface area contributed by atoms with Gasteiger partial charge in [-0.25, -0.2) is 19.2 Å². The first-order valence-electron chi connectivity index (χ1n) is 10.7. The molecular formula is C27H24O8. The molecule has 0 amide bonds. The van der Waals surface area contributed by atoms with E-state index in [1.165, 1.54) is 44.6 Å². The van der Waals surface area contributed by atoms with Crippen molar-refractivity contribution in [1.29, 1.82) is 0 Å². The van der Waals surface area contributed by atoms with Crippen molar-refractivity contribution >= 4 is 23.9 Å². The fourth-order valence-electron chi connectivity index (χ4n) is 3.42. The van der Waals surface area contributed by atoms with Gasteiger partial charge >= 0.3 is 23.9 Å². The number of ether oxygens (including phenoxy) is 4. The van der Waals surface area contributed by atoms with Crippen LogP contribution < -0.4 is 9.47 Å². The maximum Gasteiger partial charge on any atom is 0.344 e. The molecule has 0 atom stereocenters. The molecule has 0 aromatic heterocycles. The summed E-state index contributed by atoms with van der Waals surface area (Å²) in [6.45, 7) is 3.71. The van der Waals surface area contributed by atoms with Gasteiger partial charge in [-0.05, 0) is 41.8 Å². The number of carbonyl (C=O) groups excluding carboxylic acids is 4. The summed E-state index contributed by atoms with van der Waals surface area (Å²) < 4.78 is 20.5. The van der Waals surface area contributed by atoms with Gasteiger partial charge < -0.3 is 18.9 Å². The van der Waals surface area contributed by atoms with Crippen LogP contribution in [0.3, 0.4) is 0 Å². The van der Waals surface area contributed by atoms with E-state index < -0.39 is 23.9 Å². The van der Waals surface area contributed by atoms with E-state index in [-0.39, 0.29) is 39.7 Å². The van der Waals surface area contributed by atoms with E-state index in [9.17, 15) is 19.2 Å². The Kier molecular flexibility index (Phi) is 7.99. The summed E-state index contributed by atoms with van der Waals surface area (Å²) in [5.41, 5.74) is 0.585. The lowest BCUT2D eigenvalue weighted by molar-refractivity contribution is 0.0576. The molecule has 35 heavy (non-hydrogen) atoms. The topological polar surface area (TPSA) is 105 Å². The number of hydrogen-bond donors (Lipinski definition) is 0. The molecule has 3 aromatic rings. The summed E-state index contributed by atoms with van der Waals surface area (Å²) in [7, 11) is 2.43. The minimum absolute atomic E-state index is 0.0114. The zero-order valence-electron chi connectivity index (χ0n) is 19.7. The van der Waals surface area contributed by atoms with Gasteiger partial charge in [-0.3, -0.25) is 0 Å². The Balaban J connectivity index is 2.03. The highest BCUT2D eigenvalue weighted by Gasteiger charge is 2.27. The molecule has 0 unspecified atom stereocenters. The first-order valence-corrected chi connectivity index (χ1v) is 10.7. The number of esters is 4. The smallest absolute Gasteiger partial charge is 0.344 e. The maximum absolute atomic E-state index is 13.3. The molecular weight excluding hydrogens is 452 g/mol. The van der Waals surface area contributed by atoms with E-state index in [0.717, 1.165) is 0 Å². The predicted octanol–water partition coefficient (Wildman–Crippen LogP) is 4.82. The molecule has 0 aliphatic carbocycles. The molecule has 0 spiro atoms. The van der Waals surface area contributed by atoms with Crippen molar-refractivity contribution in [3.63, 3.8) is 0 Å². The van der Waals surface area contributed by atoms with Crippen molar-refractivity contribution in [2.24, 2.45) is 0 Å². The van der Waals surface area contributed by atoms with Crippen molar-refractivity contribution in [3.05, 3.63) is 94.5 Å². The second-order valence-electron chi connectivity index (χ2n) is 7.68. The Bertz CT molecular complexity index is 1280. The SMILES string of the molecule is COC(=O)c1ccccc1OC(=O)c1cccc(C(C)C)c1C(=O)Oc1ccccc1C(=O)OC. The molecule has 0 fully saturated rings. The van der Waals surface area contributed by atoms with Crippen LogP contribution in [-0.4, -0.2) is 38.1 Å². The first-order chi connectivity index (χ1) is 16.8. The summed E-state index contributed by atoms with van der Waals surface area (Å²) in [4.78, 5) is 50.7. The minimum Gasteiger partial charge on any atom is -0.465 e. The van der Waals surface area contributed by atoms with Gasteiger partial charge in [0.25, 0.3) is 0 Å². The maximum atomic E-state index is 13.3. The fourth-order valence-corrected chi connectivity index (χ4v) is 3.42. The van der Waals surface area contributed by atoms with Crippen molar-refractivity contribution in [2.75, 3.05) is 14.2 Å². The van der Waals surface area contributed by atoms with Crippen LogP contribution in [0.5, 0.6) is 11.5 Å². The molecule has 0 saturated carbocycles. The highest BCUT2D eigenvalue weighted by atomic mass is 16.6. The van der Waals surface area contributed by atoms with Crippen LogP contribution in [0.15, 0.2) is 66.7 Å². The Morgan fingerprint density at radius 1 is 0.571 bits per heavy atom. The molecule has 8 nitrogen and oxygen atoms in total. The third-order valence-corrected chi connectivity index (χ3v) is 5.13. The number of benzene rings is 3. The summed E-state index contributed by atoms with van der Waals surface area (Å²) in [6, 6.07) is 17.0. The highest BCUT2D eigenvalue weighted by Crippen LogP contribution is 2.28. The molecule has 0 bridgehead atoms. The fraction of sp³-hybridized carbons (Fsp3) is 0.185. The first kappa shape index (κ1) is 25.2. The minimum atomic E-state index is -0.864. The summed E-state index contributed by atoms with van der Waals surface area (Å²) in [6.07, 6.45) is 0. The Hall–Kier alpha value is -4.46. The number of hydrogen-bond acceptors (Lipinski definition) is 8. The predicted molar refractivity (Wildman–Crippen MR) is 126 cm³/mol. The Morgan fingerprint density at radius 3 is 1.51 bits per heavy atom. The molecule has 0 aliphatic heterocycles. The monoisotopic (exact) mass is 476 g/mol. The Morgan fingerprint density at radius 2 is 1.03 bits per heavy atom. The molecule has 180 valence electrons. The largest absolute Gasteiger partial charge is 0.465 e. The molecule has 0 aliphatic rings. The van der Waals surface area contributed by atoms with Gasteiger partial charge in [-0.1, -0.05) is 50.2 Å². The third-order valence-electron chi connectivity index (χ3n) is 5.13. The van der Waals surface area contributed by atoms with Gasteiger partial charge in [0.15, 0.2) is 0 Å². The van der Waals surface area contributed by atoms with Gasteiger partial charge in [0, 0.05) is 0 Å². The van der Waals surface area contributed by atoms with Crippen molar-refractivity contribution in [2.45, 2.75) is 19.8 Å². The highest BCUT2D eigenvalue weighted by molar-refractivity contribution is 6.06. The average Bonchev–Trinajstić information content (AvgIpc) is 2.87. The second-order valence-corrected chi connectivity index (χ2v) is 7.68. The molecule has 0 saturated heterocycles. The van der Waals surface area contributed by atoms with Crippen molar-refractivity contribution in [3.8, 4) is 11.5 Å². The zero-order chi connectivity index (χ0) is 25.5. The Labute approximate surface area is 202 Å². The lowest BCUT2D eigenvalue weighted by atomic mass is 9.93. The lowest BCUT2D eigenvalue weighted by Crippen LogP contribution is -2.21. The molecule has 0 N–H and O–H groups in total. The van der Waals surface area contributed by atoms with Gasteiger partial charge in [-0.2, -0.15) is 0 Å². The van der Waals surface area contributed by atoms with Gasteiger partial charge in [0.05, 0.1) is 25.3 Å². The molecule has 0 heterocycles. The zero-order valence-corrected chi connectivity index (χ0v) is 19.7. The van der Waals surface area contributed by atoms with E-state index in [1.807, 2.05) is 13.8 Å². The molecule has 0 radical (unpaired) electrons. The van der Waals surface area contributed by atoms with E-state index in [1.54, 1.807) is 36.4 Å². The lowest BCUT2D eigenvalue weighted by Gasteiger charge is -2.17. The molecule has 3 rings (SSSR count). The number of carbonyl (C=O) groups is 4. The number of methoxy groups -OCH3 is 2. The standard InChI is InChI=1S/C27H24O8/c1-16(2)17-12-9-13-20(26(30)34-21-14-7-5-10-18(21)24(28)32-3)23(17)27(31)35-22-15-8-6-11-19(22)25(29)33-4/h5-16H,1-4H3. The molecule has 3 aromatic carbocycles. The summed E-state index contributed by atoms with van der Waals surface area (Å²) in [5.74, 6) is -3.25. The number of para-hydroxylation sites is 2. The normalized spacial score (nSPS) is 10.4. The van der Waals surface area contributed by atoms with Crippen LogP contribution >= 0.6 is 0 Å². The van der Waals surface area contributed by atoms with E-state index in [2.05, 4.69) is 0 Å². The average molecular weight is 476 g/mol. The summed E-state index contributed by atoms with van der Waals surface area (Å²) in [5, 5.41) is 0. The number of rotatable bonds is 7. The van der Waals surface area contributed by atoms with Crippen LogP contribution in [0, 0.1) is 0 Å². The quantitative estimate of drug-likeness (QED) is 0.353. The molecule has 8 heteroatoms. The summed E-state index contributed by atoms with van der Waals surface area (Å²) >= 11 is 0. The van der Waals surface area contributed by atoms with E-state index in [4.69, 9.17) is 18.9 Å². The van der Waals surface area contributed by atoms with E-state index >= 15 is 0 Å². The van der Waals surface area contributed by atoms with Gasteiger partial charge in [0.2, 0.25) is 0 Å². The van der Waals surface area contributed by atoms with Crippen LogP contribution in [0.2, 0.25) is 0 Å². The van der Waals surface area contributed by atoms with E-state index in [0.29, 0.717) is 5.56 Å². The van der Waals surface area contributed by atoms with Gasteiger partial charge in [-0.15, -0.1) is 0 Å². The third kappa shape index (κ3) is 5.55. The van der Waals surface area contributed by atoms with Crippen LogP contribution in [-0.2, 0) is 9.47 Å². The van der Waals surface area contributed by atoms with Crippen LogP contribution in [0.1, 0.15) is 66.8 Å². The van der Waals surface area contributed by atoms with Gasteiger partial charge in [0.1, 0.15) is 22.6 Å². The van der Waals surface area contributed by atoms with Crippen molar-refractivity contribution < 1.29 is 38.1 Å². The second kappa shape index (κ2) is 11.1. The van der Waals surface area contributed by atoms with Crippen LogP contribution in [0.25, 0.3) is 0 Å². The van der Waals surface area contributed by atoms with Crippen molar-refractivity contribution in [1.82, 2.24) is 0 Å². The van der Waals surface area contributed by atoms with Crippen LogP contribution in [0.4, 0.5) is 0 Å².